The Morgan fingerprint density at radius 2 is 2.05 bits per heavy atom. The van der Waals surface area contributed by atoms with Crippen molar-refractivity contribution in [3.8, 4) is 0 Å². The van der Waals surface area contributed by atoms with Crippen molar-refractivity contribution in [3.63, 3.8) is 0 Å². The van der Waals surface area contributed by atoms with Gasteiger partial charge in [-0.25, -0.2) is 5.43 Å². The van der Waals surface area contributed by atoms with Gasteiger partial charge in [0.15, 0.2) is 5.76 Å². The lowest BCUT2D eigenvalue weighted by Crippen LogP contribution is -2.19. The number of hydrazone groups is 1. The minimum Gasteiger partial charge on any atom is -0.459 e. The topological polar surface area (TPSA) is 54.6 Å². The third kappa shape index (κ3) is 3.54. The highest BCUT2D eigenvalue weighted by Gasteiger charge is 2.08. The van der Waals surface area contributed by atoms with Crippen LogP contribution in [-0.2, 0) is 0 Å². The Hall–Kier alpha value is -1.88. The summed E-state index contributed by atoms with van der Waals surface area (Å²) in [5.74, 6) is -0.108. The molecule has 5 heteroatoms. The van der Waals surface area contributed by atoms with Gasteiger partial charge in [0.1, 0.15) is 0 Å². The second kappa shape index (κ2) is 6.33. The van der Waals surface area contributed by atoms with E-state index in [0.29, 0.717) is 0 Å². The molecule has 1 aromatic carbocycles. The maximum Gasteiger partial charge on any atom is 0.307 e. The van der Waals surface area contributed by atoms with Crippen LogP contribution in [0.15, 0.2) is 56.7 Å². The van der Waals surface area contributed by atoms with Crippen LogP contribution < -0.4 is 5.43 Å². The van der Waals surface area contributed by atoms with E-state index in [1.54, 1.807) is 12.1 Å². The lowest BCUT2D eigenvalue weighted by molar-refractivity contribution is 0.0927. The number of carbonyl (C=O) groups is 1. The largest absolute Gasteiger partial charge is 0.459 e. The fourth-order valence-electron chi connectivity index (χ4n) is 1.57. The fourth-order valence-corrected chi connectivity index (χ4v) is 1.84. The van der Waals surface area contributed by atoms with Crippen LogP contribution in [0.1, 0.15) is 29.5 Å². The number of rotatable bonds is 4. The number of carbonyl (C=O) groups excluding carboxylic acids is 1. The Balaban J connectivity index is 2.11. The number of hydrogen-bond donors (Lipinski definition) is 1. The standard InChI is InChI=1S/C14H13BrN2O2/c1-2-12(10-5-7-11(15)8-6-10)16-17-14(18)13-4-3-9-19-13/h3-9H,2H2,1H3,(H,17,18)/b16-12-. The molecule has 0 saturated heterocycles. The lowest BCUT2D eigenvalue weighted by Gasteiger charge is -2.04. The second-order valence-electron chi connectivity index (χ2n) is 3.84. The van der Waals surface area contributed by atoms with Gasteiger partial charge in [-0.1, -0.05) is 35.0 Å². The van der Waals surface area contributed by atoms with Crippen molar-refractivity contribution in [1.29, 1.82) is 0 Å². The third-order valence-corrected chi connectivity index (χ3v) is 3.08. The summed E-state index contributed by atoms with van der Waals surface area (Å²) in [5, 5.41) is 4.14. The van der Waals surface area contributed by atoms with Crippen molar-refractivity contribution >= 4 is 27.5 Å². The molecule has 0 unspecified atom stereocenters. The maximum atomic E-state index is 11.7. The van der Waals surface area contributed by atoms with Crippen LogP contribution in [0.2, 0.25) is 0 Å². The van der Waals surface area contributed by atoms with Crippen molar-refractivity contribution in [2.24, 2.45) is 5.10 Å². The number of amides is 1. The quantitative estimate of drug-likeness (QED) is 0.691. The molecule has 0 fully saturated rings. The van der Waals surface area contributed by atoms with Crippen molar-refractivity contribution in [2.75, 3.05) is 0 Å². The van der Waals surface area contributed by atoms with E-state index in [0.717, 1.165) is 22.2 Å². The number of furan rings is 1. The van der Waals surface area contributed by atoms with Crippen molar-refractivity contribution in [3.05, 3.63) is 58.5 Å². The SMILES string of the molecule is CC/C(=N/NC(=O)c1ccco1)c1ccc(Br)cc1. The van der Waals surface area contributed by atoms with E-state index in [9.17, 15) is 4.79 Å². The van der Waals surface area contributed by atoms with Crippen molar-refractivity contribution in [2.45, 2.75) is 13.3 Å². The van der Waals surface area contributed by atoms with E-state index in [4.69, 9.17) is 4.42 Å². The molecule has 0 aliphatic carbocycles. The molecule has 0 atom stereocenters. The molecule has 0 aliphatic rings. The summed E-state index contributed by atoms with van der Waals surface area (Å²) in [6.07, 6.45) is 2.17. The van der Waals surface area contributed by atoms with E-state index in [2.05, 4.69) is 26.5 Å². The van der Waals surface area contributed by atoms with Gasteiger partial charge in [-0.05, 0) is 36.2 Å². The number of hydrogen-bond acceptors (Lipinski definition) is 3. The van der Waals surface area contributed by atoms with E-state index in [1.807, 2.05) is 31.2 Å². The first-order valence-corrected chi connectivity index (χ1v) is 6.66. The predicted molar refractivity (Wildman–Crippen MR) is 77.1 cm³/mol. The maximum absolute atomic E-state index is 11.7. The smallest absolute Gasteiger partial charge is 0.307 e. The second-order valence-corrected chi connectivity index (χ2v) is 4.75. The molecule has 0 bridgehead atoms. The summed E-state index contributed by atoms with van der Waals surface area (Å²) in [5.41, 5.74) is 4.28. The Bertz CT molecular complexity index is 574. The number of nitrogens with zero attached hydrogens (tertiary/aromatic N) is 1. The minimum absolute atomic E-state index is 0.245. The minimum atomic E-state index is -0.354. The van der Waals surface area contributed by atoms with Crippen LogP contribution in [0.25, 0.3) is 0 Å². The van der Waals surface area contributed by atoms with Crippen LogP contribution in [0.5, 0.6) is 0 Å². The van der Waals surface area contributed by atoms with Gasteiger partial charge in [-0.2, -0.15) is 5.10 Å². The first kappa shape index (κ1) is 13.5. The van der Waals surface area contributed by atoms with E-state index in [-0.39, 0.29) is 11.7 Å². The van der Waals surface area contributed by atoms with Crippen LogP contribution in [0.4, 0.5) is 0 Å². The van der Waals surface area contributed by atoms with Gasteiger partial charge in [-0.3, -0.25) is 4.79 Å². The van der Waals surface area contributed by atoms with Gasteiger partial charge >= 0.3 is 5.91 Å². The summed E-state index contributed by atoms with van der Waals surface area (Å²) in [6, 6.07) is 11.0. The molecular weight excluding hydrogens is 308 g/mol. The van der Waals surface area contributed by atoms with Crippen LogP contribution in [0, 0.1) is 0 Å². The summed E-state index contributed by atoms with van der Waals surface area (Å²) < 4.78 is 6.00. The van der Waals surface area contributed by atoms with E-state index in [1.165, 1.54) is 6.26 Å². The number of halogens is 1. The van der Waals surface area contributed by atoms with Gasteiger partial charge in [0.25, 0.3) is 0 Å². The van der Waals surface area contributed by atoms with Gasteiger partial charge in [-0.15, -0.1) is 0 Å². The fraction of sp³-hybridized carbons (Fsp3) is 0.143. The average Bonchev–Trinajstić information content (AvgIpc) is 2.95. The van der Waals surface area contributed by atoms with Crippen LogP contribution in [-0.4, -0.2) is 11.6 Å². The molecule has 1 aromatic heterocycles. The third-order valence-electron chi connectivity index (χ3n) is 2.55. The molecule has 4 nitrogen and oxygen atoms in total. The average molecular weight is 321 g/mol. The summed E-state index contributed by atoms with van der Waals surface area (Å²) in [7, 11) is 0. The predicted octanol–water partition coefficient (Wildman–Crippen LogP) is 3.59. The molecule has 0 spiro atoms. The number of nitrogens with one attached hydrogen (secondary N) is 1. The van der Waals surface area contributed by atoms with Gasteiger partial charge in [0.05, 0.1) is 12.0 Å². The zero-order chi connectivity index (χ0) is 13.7. The summed E-state index contributed by atoms with van der Waals surface area (Å²) in [6.45, 7) is 1.99. The molecule has 2 rings (SSSR count). The molecule has 1 amide bonds. The Labute approximate surface area is 119 Å². The highest BCUT2D eigenvalue weighted by molar-refractivity contribution is 9.10. The van der Waals surface area contributed by atoms with Crippen molar-refractivity contribution < 1.29 is 9.21 Å². The molecule has 19 heavy (non-hydrogen) atoms. The van der Waals surface area contributed by atoms with E-state index < -0.39 is 0 Å². The monoisotopic (exact) mass is 320 g/mol. The van der Waals surface area contributed by atoms with Crippen LogP contribution in [0.3, 0.4) is 0 Å². The van der Waals surface area contributed by atoms with Gasteiger partial charge in [0, 0.05) is 4.47 Å². The summed E-state index contributed by atoms with van der Waals surface area (Å²) in [4.78, 5) is 11.7. The normalized spacial score (nSPS) is 11.4. The Morgan fingerprint density at radius 3 is 2.63 bits per heavy atom. The molecule has 1 N–H and O–H groups in total. The van der Waals surface area contributed by atoms with Gasteiger partial charge < -0.3 is 4.42 Å². The van der Waals surface area contributed by atoms with Crippen molar-refractivity contribution in [1.82, 2.24) is 5.43 Å². The first-order chi connectivity index (χ1) is 9.20. The molecule has 98 valence electrons. The lowest BCUT2D eigenvalue weighted by atomic mass is 10.1. The molecule has 0 saturated carbocycles. The van der Waals surface area contributed by atoms with Crippen LogP contribution >= 0.6 is 15.9 Å². The van der Waals surface area contributed by atoms with Gasteiger partial charge in [0.2, 0.25) is 0 Å². The highest BCUT2D eigenvalue weighted by Crippen LogP contribution is 2.12. The summed E-state index contributed by atoms with van der Waals surface area (Å²) >= 11 is 3.38. The first-order valence-electron chi connectivity index (χ1n) is 5.87. The highest BCUT2D eigenvalue weighted by atomic mass is 79.9. The molecule has 2 aromatic rings. The Morgan fingerprint density at radius 1 is 1.32 bits per heavy atom. The zero-order valence-electron chi connectivity index (χ0n) is 10.4. The molecule has 0 aliphatic heterocycles. The Kier molecular flexibility index (Phi) is 4.52. The molecular formula is C14H13BrN2O2. The zero-order valence-corrected chi connectivity index (χ0v) is 12.0. The molecule has 1 heterocycles. The van der Waals surface area contributed by atoms with E-state index >= 15 is 0 Å². The number of benzene rings is 1. The molecule has 0 radical (unpaired) electrons.